The van der Waals surface area contributed by atoms with Gasteiger partial charge in [-0.05, 0) is 23.3 Å². The number of fused-ring (bicyclic) bond motifs is 1. The molecule has 1 aromatic carbocycles. The van der Waals surface area contributed by atoms with E-state index >= 15 is 0 Å². The van der Waals surface area contributed by atoms with Crippen LogP contribution in [0.4, 0.5) is 5.69 Å². The highest BCUT2D eigenvalue weighted by atomic mass is 16.1. The van der Waals surface area contributed by atoms with Crippen molar-refractivity contribution in [3.8, 4) is 0 Å². The van der Waals surface area contributed by atoms with E-state index < -0.39 is 0 Å². The normalized spacial score (nSPS) is 13.6. The van der Waals surface area contributed by atoms with Gasteiger partial charge in [0, 0.05) is 6.42 Å². The van der Waals surface area contributed by atoms with E-state index in [1.54, 1.807) is 18.2 Å². The van der Waals surface area contributed by atoms with Crippen molar-refractivity contribution < 1.29 is 4.79 Å². The van der Waals surface area contributed by atoms with Crippen LogP contribution in [-0.4, -0.2) is 5.78 Å². The first-order valence-corrected chi connectivity index (χ1v) is 4.01. The minimum absolute atomic E-state index is 0.128. The monoisotopic (exact) mass is 169 g/mol. The van der Waals surface area contributed by atoms with E-state index in [4.69, 9.17) is 6.57 Å². The number of benzene rings is 1. The molecule has 0 atom stereocenters. The summed E-state index contributed by atoms with van der Waals surface area (Å²) in [6.45, 7) is 6.83. The number of carbonyl (C=O) groups is 1. The molecule has 0 spiro atoms. The highest BCUT2D eigenvalue weighted by Gasteiger charge is 2.09. The van der Waals surface area contributed by atoms with E-state index in [0.717, 1.165) is 11.1 Å². The van der Waals surface area contributed by atoms with Crippen LogP contribution in [-0.2, 0) is 11.2 Å². The minimum Gasteiger partial charge on any atom is -0.294 e. The number of hydrogen-bond donors (Lipinski definition) is 0. The summed E-state index contributed by atoms with van der Waals surface area (Å²) in [7, 11) is 0. The summed E-state index contributed by atoms with van der Waals surface area (Å²) in [4.78, 5) is 14.4. The Bertz CT molecular complexity index is 438. The third-order valence-electron chi connectivity index (χ3n) is 2.07. The summed E-state index contributed by atoms with van der Waals surface area (Å²) in [5.74, 6) is 0.128. The molecular weight excluding hydrogens is 162 g/mol. The number of carbonyl (C=O) groups excluding carboxylic acids is 1. The van der Waals surface area contributed by atoms with Crippen LogP contribution < -0.4 is 0 Å². The fourth-order valence-corrected chi connectivity index (χ4v) is 1.40. The van der Waals surface area contributed by atoms with Crippen molar-refractivity contribution in [2.24, 2.45) is 0 Å². The Morgan fingerprint density at radius 1 is 1.31 bits per heavy atom. The zero-order chi connectivity index (χ0) is 9.26. The number of nitrogens with zero attached hydrogens (tertiary/aromatic N) is 1. The highest BCUT2D eigenvalue weighted by molar-refractivity contribution is 5.98. The number of ketones is 1. The second-order valence-electron chi connectivity index (χ2n) is 2.97. The molecule has 1 aliphatic rings. The zero-order valence-electron chi connectivity index (χ0n) is 6.95. The molecule has 1 aliphatic carbocycles. The average molecular weight is 169 g/mol. The minimum atomic E-state index is 0.128. The molecule has 0 aromatic heterocycles. The summed E-state index contributed by atoms with van der Waals surface area (Å²) >= 11 is 0. The summed E-state index contributed by atoms with van der Waals surface area (Å²) in [5, 5.41) is 0. The van der Waals surface area contributed by atoms with Gasteiger partial charge in [-0.2, -0.15) is 0 Å². The molecule has 0 heterocycles. The van der Waals surface area contributed by atoms with Crippen molar-refractivity contribution >= 4 is 17.5 Å². The maximum absolute atomic E-state index is 11.0. The van der Waals surface area contributed by atoms with Crippen LogP contribution in [0.25, 0.3) is 10.9 Å². The molecular formula is C11H7NO. The lowest BCUT2D eigenvalue weighted by molar-refractivity contribution is -0.114. The predicted octanol–water partition coefficient (Wildman–Crippen LogP) is 2.38. The smallest absolute Gasteiger partial charge is 0.187 e. The summed E-state index contributed by atoms with van der Waals surface area (Å²) < 4.78 is 0. The Morgan fingerprint density at radius 2 is 2.15 bits per heavy atom. The van der Waals surface area contributed by atoms with E-state index in [9.17, 15) is 4.79 Å². The highest BCUT2D eigenvalue weighted by Crippen LogP contribution is 2.22. The van der Waals surface area contributed by atoms with E-state index in [1.807, 2.05) is 12.1 Å². The molecule has 0 saturated heterocycles. The largest absolute Gasteiger partial charge is 0.294 e. The van der Waals surface area contributed by atoms with E-state index in [2.05, 4.69) is 4.85 Å². The van der Waals surface area contributed by atoms with Gasteiger partial charge in [0.1, 0.15) is 0 Å². The van der Waals surface area contributed by atoms with Crippen LogP contribution in [0.1, 0.15) is 11.1 Å². The lowest BCUT2D eigenvalue weighted by Crippen LogP contribution is -2.04. The molecule has 0 fully saturated rings. The fraction of sp³-hybridized carbons (Fsp3) is 0.0909. The predicted molar refractivity (Wildman–Crippen MR) is 50.4 cm³/mol. The van der Waals surface area contributed by atoms with Crippen LogP contribution in [0, 0.1) is 6.57 Å². The Morgan fingerprint density at radius 3 is 2.92 bits per heavy atom. The van der Waals surface area contributed by atoms with Gasteiger partial charge in [-0.1, -0.05) is 18.2 Å². The quantitative estimate of drug-likeness (QED) is 0.546. The van der Waals surface area contributed by atoms with E-state index in [-0.39, 0.29) is 5.78 Å². The molecule has 0 aliphatic heterocycles. The van der Waals surface area contributed by atoms with Gasteiger partial charge in [0.25, 0.3) is 0 Å². The van der Waals surface area contributed by atoms with Crippen molar-refractivity contribution in [2.75, 3.05) is 0 Å². The fourth-order valence-electron chi connectivity index (χ4n) is 1.40. The second kappa shape index (κ2) is 2.87. The second-order valence-corrected chi connectivity index (χ2v) is 2.97. The van der Waals surface area contributed by atoms with Crippen LogP contribution in [0.2, 0.25) is 0 Å². The van der Waals surface area contributed by atoms with Gasteiger partial charge >= 0.3 is 0 Å². The van der Waals surface area contributed by atoms with Crippen LogP contribution in [0.15, 0.2) is 24.3 Å². The number of allylic oxidation sites excluding steroid dienone is 1. The van der Waals surface area contributed by atoms with Gasteiger partial charge in [-0.15, -0.1) is 0 Å². The number of hydrogen-bond acceptors (Lipinski definition) is 1. The zero-order valence-corrected chi connectivity index (χ0v) is 6.95. The first-order valence-electron chi connectivity index (χ1n) is 4.01. The molecule has 2 nitrogen and oxygen atoms in total. The molecule has 0 saturated carbocycles. The standard InChI is InChI=1S/C11H7NO/c1-12-10-4-2-9-7-11(13)5-3-8(9)6-10/h2-6H,7H2. The molecule has 1 aromatic rings. The summed E-state index contributed by atoms with van der Waals surface area (Å²) in [6, 6.07) is 5.41. The van der Waals surface area contributed by atoms with Crippen molar-refractivity contribution in [1.82, 2.24) is 0 Å². The lowest BCUT2D eigenvalue weighted by Gasteiger charge is -2.08. The molecule has 0 radical (unpaired) electrons. The topological polar surface area (TPSA) is 21.4 Å². The van der Waals surface area contributed by atoms with E-state index in [0.29, 0.717) is 12.1 Å². The van der Waals surface area contributed by atoms with Gasteiger partial charge < -0.3 is 0 Å². The molecule has 62 valence electrons. The first-order chi connectivity index (χ1) is 6.29. The Kier molecular flexibility index (Phi) is 1.71. The van der Waals surface area contributed by atoms with Gasteiger partial charge in [-0.25, -0.2) is 4.85 Å². The third kappa shape index (κ3) is 1.36. The van der Waals surface area contributed by atoms with Crippen LogP contribution in [0.5, 0.6) is 0 Å². The maximum Gasteiger partial charge on any atom is 0.187 e. The molecule has 0 amide bonds. The molecule has 13 heavy (non-hydrogen) atoms. The van der Waals surface area contributed by atoms with Crippen molar-refractivity contribution in [3.05, 3.63) is 46.8 Å². The third-order valence-corrected chi connectivity index (χ3v) is 2.07. The summed E-state index contributed by atoms with van der Waals surface area (Å²) in [5.41, 5.74) is 2.63. The Hall–Kier alpha value is -1.88. The van der Waals surface area contributed by atoms with Crippen LogP contribution in [0.3, 0.4) is 0 Å². The van der Waals surface area contributed by atoms with E-state index in [1.165, 1.54) is 0 Å². The first kappa shape index (κ1) is 7.75. The van der Waals surface area contributed by atoms with Crippen molar-refractivity contribution in [2.45, 2.75) is 6.42 Å². The average Bonchev–Trinajstić information content (AvgIpc) is 2.17. The van der Waals surface area contributed by atoms with Gasteiger partial charge in [-0.3, -0.25) is 4.79 Å². The van der Waals surface area contributed by atoms with Crippen LogP contribution >= 0.6 is 0 Å². The maximum atomic E-state index is 11.0. The molecule has 2 heteroatoms. The van der Waals surface area contributed by atoms with Crippen molar-refractivity contribution in [3.63, 3.8) is 0 Å². The van der Waals surface area contributed by atoms with Gasteiger partial charge in [0.15, 0.2) is 11.5 Å². The number of rotatable bonds is 0. The SMILES string of the molecule is [C-]#[N+]c1ccc2c(c1)C=CC(=O)C2. The lowest BCUT2D eigenvalue weighted by atomic mass is 9.96. The molecule has 0 unspecified atom stereocenters. The van der Waals surface area contributed by atoms with Crippen molar-refractivity contribution in [1.29, 1.82) is 0 Å². The molecule has 2 rings (SSSR count). The molecule has 0 bridgehead atoms. The Labute approximate surface area is 76.3 Å². The van der Waals surface area contributed by atoms with Gasteiger partial charge in [0.2, 0.25) is 0 Å². The van der Waals surface area contributed by atoms with Gasteiger partial charge in [0.05, 0.1) is 6.57 Å². The molecule has 0 N–H and O–H groups in total. The summed E-state index contributed by atoms with van der Waals surface area (Å²) in [6.07, 6.45) is 3.80. The Balaban J connectivity index is 2.53.